The lowest BCUT2D eigenvalue weighted by atomic mass is 9.80. The SMILES string of the molecule is Nc1c(-c2cccc3ccccc23)c2c3c(ccc4c5cccc6cccc(c1c34)c65)C(=O)NC2=O. The van der Waals surface area contributed by atoms with Crippen LogP contribution in [0.5, 0.6) is 0 Å². The lowest BCUT2D eigenvalue weighted by molar-refractivity contribution is 0.0845. The van der Waals surface area contributed by atoms with Crippen LogP contribution in [0.4, 0.5) is 5.69 Å². The number of benzene rings is 7. The van der Waals surface area contributed by atoms with Gasteiger partial charge in [0.05, 0.1) is 5.56 Å². The molecule has 7 aromatic carbocycles. The van der Waals surface area contributed by atoms with Crippen LogP contribution in [0.3, 0.4) is 0 Å². The minimum Gasteiger partial charge on any atom is -0.398 e. The van der Waals surface area contributed by atoms with Gasteiger partial charge in [-0.25, -0.2) is 0 Å². The highest BCUT2D eigenvalue weighted by Gasteiger charge is 2.33. The first kappa shape index (κ1) is 19.4. The van der Waals surface area contributed by atoms with Gasteiger partial charge < -0.3 is 5.73 Å². The van der Waals surface area contributed by atoms with E-state index in [0.717, 1.165) is 54.0 Å². The molecule has 7 aromatic rings. The van der Waals surface area contributed by atoms with E-state index in [1.807, 2.05) is 54.6 Å². The summed E-state index contributed by atoms with van der Waals surface area (Å²) >= 11 is 0. The van der Waals surface area contributed by atoms with Crippen LogP contribution in [0, 0.1) is 0 Å². The summed E-state index contributed by atoms with van der Waals surface area (Å²) in [7, 11) is 0. The smallest absolute Gasteiger partial charge is 0.259 e. The van der Waals surface area contributed by atoms with Crippen LogP contribution in [-0.4, -0.2) is 11.8 Å². The van der Waals surface area contributed by atoms with Crippen molar-refractivity contribution in [3.05, 3.63) is 102 Å². The Hall–Kier alpha value is -4.96. The van der Waals surface area contributed by atoms with Gasteiger partial charge in [-0.2, -0.15) is 0 Å². The van der Waals surface area contributed by atoms with Gasteiger partial charge in [-0.3, -0.25) is 14.9 Å². The molecule has 1 aliphatic rings. The summed E-state index contributed by atoms with van der Waals surface area (Å²) in [6.45, 7) is 0. The van der Waals surface area contributed by atoms with Gasteiger partial charge in [-0.05, 0) is 49.3 Å². The molecule has 36 heavy (non-hydrogen) atoms. The Morgan fingerprint density at radius 2 is 1.14 bits per heavy atom. The Bertz CT molecular complexity index is 2110. The molecule has 0 aromatic heterocycles. The van der Waals surface area contributed by atoms with E-state index in [0.29, 0.717) is 27.8 Å². The number of nitrogen functional groups attached to an aromatic ring is 1. The summed E-state index contributed by atoms with van der Waals surface area (Å²) in [5, 5.41) is 12.4. The highest BCUT2D eigenvalue weighted by molar-refractivity contribution is 6.42. The van der Waals surface area contributed by atoms with Gasteiger partial charge in [-0.15, -0.1) is 0 Å². The average Bonchev–Trinajstić information content (AvgIpc) is 2.90. The molecule has 168 valence electrons. The van der Waals surface area contributed by atoms with Crippen molar-refractivity contribution in [1.29, 1.82) is 0 Å². The fourth-order valence-electron chi connectivity index (χ4n) is 6.29. The molecule has 0 atom stereocenters. The Morgan fingerprint density at radius 1 is 0.472 bits per heavy atom. The van der Waals surface area contributed by atoms with Crippen LogP contribution in [0.15, 0.2) is 91.0 Å². The lowest BCUT2D eigenvalue weighted by Gasteiger charge is -2.26. The van der Waals surface area contributed by atoms with Gasteiger partial charge in [0.2, 0.25) is 0 Å². The highest BCUT2D eigenvalue weighted by Crippen LogP contribution is 2.50. The van der Waals surface area contributed by atoms with E-state index in [1.54, 1.807) is 0 Å². The van der Waals surface area contributed by atoms with Gasteiger partial charge in [0.15, 0.2) is 0 Å². The molecule has 0 radical (unpaired) electrons. The van der Waals surface area contributed by atoms with Gasteiger partial charge in [-0.1, -0.05) is 84.9 Å². The summed E-state index contributed by atoms with van der Waals surface area (Å²) in [6.07, 6.45) is 0. The average molecular weight is 463 g/mol. The maximum atomic E-state index is 13.5. The number of hydrogen-bond acceptors (Lipinski definition) is 3. The first-order chi connectivity index (χ1) is 17.6. The van der Waals surface area contributed by atoms with E-state index in [2.05, 4.69) is 41.7 Å². The van der Waals surface area contributed by atoms with Crippen molar-refractivity contribution in [3.63, 3.8) is 0 Å². The Kier molecular flexibility index (Phi) is 3.54. The number of nitrogens with two attached hydrogens (primary N) is 1. The van der Waals surface area contributed by atoms with Crippen molar-refractivity contribution < 1.29 is 9.59 Å². The fourth-order valence-corrected chi connectivity index (χ4v) is 6.29. The number of nitrogens with one attached hydrogen (secondary N) is 1. The third kappa shape index (κ3) is 2.24. The number of carbonyl (C=O) groups excluding carboxylic acids is 2. The van der Waals surface area contributed by atoms with Gasteiger partial charge in [0, 0.05) is 33.0 Å². The predicted octanol–water partition coefficient (Wildman–Crippen LogP) is 7.02. The number of hydrogen-bond donors (Lipinski definition) is 2. The molecule has 4 nitrogen and oxygen atoms in total. The van der Waals surface area contributed by atoms with Crippen molar-refractivity contribution in [1.82, 2.24) is 5.32 Å². The van der Waals surface area contributed by atoms with Crippen molar-refractivity contribution in [3.8, 4) is 11.1 Å². The molecule has 0 aliphatic carbocycles. The van der Waals surface area contributed by atoms with Crippen molar-refractivity contribution >= 4 is 71.4 Å². The van der Waals surface area contributed by atoms with Gasteiger partial charge >= 0.3 is 0 Å². The minimum atomic E-state index is -0.414. The number of rotatable bonds is 1. The Labute approximate surface area is 205 Å². The summed E-state index contributed by atoms with van der Waals surface area (Å²) in [5.41, 5.74) is 10.2. The molecule has 0 unspecified atom stereocenters. The summed E-state index contributed by atoms with van der Waals surface area (Å²) in [5.74, 6) is -0.793. The van der Waals surface area contributed by atoms with E-state index < -0.39 is 5.91 Å². The lowest BCUT2D eigenvalue weighted by Crippen LogP contribution is -2.35. The maximum Gasteiger partial charge on any atom is 0.259 e. The Morgan fingerprint density at radius 3 is 2.00 bits per heavy atom. The third-order valence-corrected chi connectivity index (χ3v) is 7.72. The highest BCUT2D eigenvalue weighted by atomic mass is 16.2. The second-order valence-electron chi connectivity index (χ2n) is 9.47. The minimum absolute atomic E-state index is 0.379. The molecule has 0 bridgehead atoms. The molecule has 3 N–H and O–H groups in total. The van der Waals surface area contributed by atoms with E-state index in [1.165, 1.54) is 0 Å². The number of fused-ring (bicyclic) bond motifs is 3. The normalized spacial score (nSPS) is 13.4. The molecular weight excluding hydrogens is 444 g/mol. The summed E-state index contributed by atoms with van der Waals surface area (Å²) in [4.78, 5) is 26.6. The molecule has 8 rings (SSSR count). The zero-order valence-electron chi connectivity index (χ0n) is 19.1. The van der Waals surface area contributed by atoms with E-state index in [4.69, 9.17) is 5.73 Å². The second kappa shape index (κ2) is 6.58. The van der Waals surface area contributed by atoms with Crippen LogP contribution in [-0.2, 0) is 0 Å². The zero-order valence-corrected chi connectivity index (χ0v) is 19.1. The Balaban J connectivity index is 1.73. The molecule has 2 amide bonds. The van der Waals surface area contributed by atoms with Gasteiger partial charge in [0.1, 0.15) is 0 Å². The number of imide groups is 1. The number of carbonyl (C=O) groups is 2. The van der Waals surface area contributed by atoms with Crippen molar-refractivity contribution in [2.45, 2.75) is 0 Å². The largest absolute Gasteiger partial charge is 0.398 e. The number of anilines is 1. The van der Waals surface area contributed by atoms with E-state index in [9.17, 15) is 9.59 Å². The molecule has 0 saturated heterocycles. The molecule has 4 heteroatoms. The summed E-state index contributed by atoms with van der Waals surface area (Å²) in [6, 6.07) is 30.4. The van der Waals surface area contributed by atoms with Gasteiger partial charge in [0.25, 0.3) is 11.8 Å². The molecule has 0 saturated carbocycles. The van der Waals surface area contributed by atoms with Crippen LogP contribution < -0.4 is 11.1 Å². The first-order valence-corrected chi connectivity index (χ1v) is 11.9. The monoisotopic (exact) mass is 462 g/mol. The molecule has 1 aliphatic heterocycles. The molecule has 1 heterocycles. The first-order valence-electron chi connectivity index (χ1n) is 11.9. The van der Waals surface area contributed by atoms with Crippen molar-refractivity contribution in [2.75, 3.05) is 5.73 Å². The molecule has 0 spiro atoms. The predicted molar refractivity (Wildman–Crippen MR) is 147 cm³/mol. The third-order valence-electron chi connectivity index (χ3n) is 7.72. The van der Waals surface area contributed by atoms with E-state index >= 15 is 0 Å². The molecular formula is C32H18N2O2. The van der Waals surface area contributed by atoms with Crippen LogP contribution >= 0.6 is 0 Å². The maximum absolute atomic E-state index is 13.5. The summed E-state index contributed by atoms with van der Waals surface area (Å²) < 4.78 is 0. The van der Waals surface area contributed by atoms with Crippen LogP contribution in [0.1, 0.15) is 20.7 Å². The number of amides is 2. The molecule has 0 fully saturated rings. The van der Waals surface area contributed by atoms with Crippen LogP contribution in [0.25, 0.3) is 65.0 Å². The standard InChI is InChI=1S/C32H18N2O2/c33-30-27(19-11-3-7-16-6-1-2-10-18(16)19)29-26-23(31(35)34-32(29)36)15-14-21-20-12-4-8-17-9-5-13-22(24(17)20)28(30)25(21)26/h1-15H,33H2,(H,34,35,36). The zero-order chi connectivity index (χ0) is 24.1. The van der Waals surface area contributed by atoms with Crippen LogP contribution in [0.2, 0.25) is 0 Å². The topological polar surface area (TPSA) is 72.2 Å². The quantitative estimate of drug-likeness (QED) is 0.119. The second-order valence-corrected chi connectivity index (χ2v) is 9.47. The fraction of sp³-hybridized carbons (Fsp3) is 0. The van der Waals surface area contributed by atoms with Crippen molar-refractivity contribution in [2.24, 2.45) is 0 Å². The van der Waals surface area contributed by atoms with E-state index in [-0.39, 0.29) is 5.91 Å².